The fourth-order valence-corrected chi connectivity index (χ4v) is 3.79. The topological polar surface area (TPSA) is 80.8 Å². The number of ether oxygens (including phenoxy) is 1. The van der Waals surface area contributed by atoms with Gasteiger partial charge in [-0.1, -0.05) is 6.08 Å². The van der Waals surface area contributed by atoms with Gasteiger partial charge in [-0.05, 0) is 20.3 Å². The maximum absolute atomic E-state index is 11.9. The number of hydrogen-bond donors (Lipinski definition) is 0. The lowest BCUT2D eigenvalue weighted by Gasteiger charge is -2.26. The lowest BCUT2D eigenvalue weighted by molar-refractivity contribution is -0.149. The van der Waals surface area contributed by atoms with Gasteiger partial charge in [0.05, 0.1) is 11.5 Å². The number of likely N-dealkylation sites (N-methyl/N-ethyl adjacent to an activating group) is 1. The van der Waals surface area contributed by atoms with Crippen molar-refractivity contribution in [2.24, 2.45) is 0 Å². The summed E-state index contributed by atoms with van der Waals surface area (Å²) in [4.78, 5) is 24.5. The number of carbonyl (C=O) groups excluding carboxylic acids is 2. The Morgan fingerprint density at radius 2 is 2.11 bits per heavy atom. The smallest absolute Gasteiger partial charge is 0.330 e. The third-order valence-electron chi connectivity index (χ3n) is 2.95. The molecule has 1 unspecified atom stereocenters. The highest BCUT2D eigenvalue weighted by Gasteiger charge is 2.33. The van der Waals surface area contributed by atoms with Crippen LogP contribution in [0.3, 0.4) is 0 Å². The molecule has 0 N–H and O–H groups in total. The maximum Gasteiger partial charge on any atom is 0.330 e. The summed E-state index contributed by atoms with van der Waals surface area (Å²) in [6, 6.07) is -0.303. The summed E-state index contributed by atoms with van der Waals surface area (Å²) in [5.41, 5.74) is 0. The zero-order valence-corrected chi connectivity index (χ0v) is 12.0. The molecule has 1 aliphatic heterocycles. The summed E-state index contributed by atoms with van der Waals surface area (Å²) in [5, 5.41) is 0. The Morgan fingerprint density at radius 1 is 1.42 bits per heavy atom. The predicted molar refractivity (Wildman–Crippen MR) is 70.2 cm³/mol. The minimum absolute atomic E-state index is 0.00457. The van der Waals surface area contributed by atoms with E-state index >= 15 is 0 Å². The van der Waals surface area contributed by atoms with Crippen LogP contribution in [0.25, 0.3) is 0 Å². The van der Waals surface area contributed by atoms with E-state index in [9.17, 15) is 18.0 Å². The molecule has 0 spiro atoms. The van der Waals surface area contributed by atoms with E-state index in [0.29, 0.717) is 13.0 Å². The van der Waals surface area contributed by atoms with Gasteiger partial charge in [-0.15, -0.1) is 0 Å². The van der Waals surface area contributed by atoms with Gasteiger partial charge in [0.2, 0.25) is 0 Å². The fraction of sp³-hybridized carbons (Fsp3) is 0.667. The number of esters is 1. The van der Waals surface area contributed by atoms with Crippen molar-refractivity contribution < 1.29 is 22.7 Å². The molecule has 1 amide bonds. The van der Waals surface area contributed by atoms with Crippen LogP contribution in [0.4, 0.5) is 0 Å². The molecule has 108 valence electrons. The van der Waals surface area contributed by atoms with Crippen molar-refractivity contribution in [2.75, 3.05) is 24.7 Å². The molecule has 1 aliphatic rings. The SMILES string of the molecule is C/C=C/C(=O)OCC(=O)N(CC)C1CCS(=O)(=O)C1. The lowest BCUT2D eigenvalue weighted by atomic mass is 10.2. The quantitative estimate of drug-likeness (QED) is 0.531. The Balaban J connectivity index is 2.55. The Kier molecular flexibility index (Phi) is 5.53. The average Bonchev–Trinajstić information content (AvgIpc) is 2.68. The number of hydrogen-bond acceptors (Lipinski definition) is 5. The van der Waals surface area contributed by atoms with E-state index in [-0.39, 0.29) is 30.1 Å². The molecular weight excluding hydrogens is 270 g/mol. The summed E-state index contributed by atoms with van der Waals surface area (Å²) in [5.74, 6) is -0.830. The highest BCUT2D eigenvalue weighted by molar-refractivity contribution is 7.91. The molecule has 0 aromatic heterocycles. The van der Waals surface area contributed by atoms with Crippen molar-refractivity contribution in [1.29, 1.82) is 0 Å². The van der Waals surface area contributed by atoms with Crippen LogP contribution in [0.15, 0.2) is 12.2 Å². The van der Waals surface area contributed by atoms with Gasteiger partial charge in [0.1, 0.15) is 0 Å². The van der Waals surface area contributed by atoms with Crippen molar-refractivity contribution in [2.45, 2.75) is 26.3 Å². The van der Waals surface area contributed by atoms with Crippen LogP contribution in [0, 0.1) is 0 Å². The molecule has 0 bridgehead atoms. The Hall–Kier alpha value is -1.37. The van der Waals surface area contributed by atoms with E-state index in [0.717, 1.165) is 0 Å². The predicted octanol–water partition coefficient (Wildman–Crippen LogP) is 0.141. The van der Waals surface area contributed by atoms with E-state index in [1.54, 1.807) is 13.8 Å². The van der Waals surface area contributed by atoms with E-state index in [1.807, 2.05) is 0 Å². The summed E-state index contributed by atoms with van der Waals surface area (Å²) >= 11 is 0. The minimum atomic E-state index is -3.04. The normalized spacial score (nSPS) is 21.5. The molecule has 1 fully saturated rings. The molecule has 1 atom stereocenters. The largest absolute Gasteiger partial charge is 0.452 e. The fourth-order valence-electron chi connectivity index (χ4n) is 2.06. The van der Waals surface area contributed by atoms with E-state index in [4.69, 9.17) is 4.74 Å². The second-order valence-corrected chi connectivity index (χ2v) is 6.57. The molecule has 0 aliphatic carbocycles. The number of sulfone groups is 1. The number of rotatable bonds is 5. The molecule has 19 heavy (non-hydrogen) atoms. The third kappa shape index (κ3) is 4.66. The number of nitrogens with zero attached hydrogens (tertiary/aromatic N) is 1. The zero-order valence-electron chi connectivity index (χ0n) is 11.2. The first-order chi connectivity index (χ1) is 8.89. The van der Waals surface area contributed by atoms with Crippen LogP contribution in [-0.4, -0.2) is 55.9 Å². The van der Waals surface area contributed by atoms with Gasteiger partial charge >= 0.3 is 5.97 Å². The molecule has 0 saturated carbocycles. The number of allylic oxidation sites excluding steroid dienone is 1. The van der Waals surface area contributed by atoms with Gasteiger partial charge in [0, 0.05) is 18.7 Å². The molecule has 0 aromatic carbocycles. The molecule has 0 radical (unpaired) electrons. The standard InChI is InChI=1S/C12H19NO5S/c1-3-5-12(15)18-8-11(14)13(4-2)10-6-7-19(16,17)9-10/h3,5,10H,4,6-9H2,1-2H3/b5-3+. The Labute approximate surface area is 113 Å². The van der Waals surface area contributed by atoms with Crippen LogP contribution in [-0.2, 0) is 24.2 Å². The molecule has 1 rings (SSSR count). The Bertz CT molecular complexity index is 469. The highest BCUT2D eigenvalue weighted by Crippen LogP contribution is 2.17. The molecular formula is C12H19NO5S. The van der Waals surface area contributed by atoms with Crippen LogP contribution in [0.2, 0.25) is 0 Å². The van der Waals surface area contributed by atoms with Crippen LogP contribution < -0.4 is 0 Å². The van der Waals surface area contributed by atoms with Crippen molar-refractivity contribution in [3.63, 3.8) is 0 Å². The molecule has 1 heterocycles. The third-order valence-corrected chi connectivity index (χ3v) is 4.70. The second kappa shape index (κ2) is 6.70. The number of carbonyl (C=O) groups is 2. The molecule has 0 aromatic rings. The van der Waals surface area contributed by atoms with Crippen LogP contribution >= 0.6 is 0 Å². The molecule has 6 nitrogen and oxygen atoms in total. The second-order valence-electron chi connectivity index (χ2n) is 4.34. The van der Waals surface area contributed by atoms with Gasteiger partial charge in [-0.25, -0.2) is 13.2 Å². The first-order valence-electron chi connectivity index (χ1n) is 6.19. The van der Waals surface area contributed by atoms with Gasteiger partial charge < -0.3 is 9.64 Å². The summed E-state index contributed by atoms with van der Waals surface area (Å²) in [6.07, 6.45) is 3.20. The molecule has 1 saturated heterocycles. The van der Waals surface area contributed by atoms with Crippen LogP contribution in [0.1, 0.15) is 20.3 Å². The van der Waals surface area contributed by atoms with Crippen molar-refractivity contribution in [1.82, 2.24) is 4.90 Å². The Morgan fingerprint density at radius 3 is 2.58 bits per heavy atom. The van der Waals surface area contributed by atoms with E-state index in [2.05, 4.69) is 0 Å². The van der Waals surface area contributed by atoms with Crippen molar-refractivity contribution in [3.8, 4) is 0 Å². The van der Waals surface area contributed by atoms with Crippen molar-refractivity contribution in [3.05, 3.63) is 12.2 Å². The highest BCUT2D eigenvalue weighted by atomic mass is 32.2. The lowest BCUT2D eigenvalue weighted by Crippen LogP contribution is -2.43. The summed E-state index contributed by atoms with van der Waals surface area (Å²) in [7, 11) is -3.04. The summed E-state index contributed by atoms with van der Waals surface area (Å²) < 4.78 is 27.6. The summed E-state index contributed by atoms with van der Waals surface area (Å²) in [6.45, 7) is 3.50. The minimum Gasteiger partial charge on any atom is -0.452 e. The average molecular weight is 289 g/mol. The first-order valence-corrected chi connectivity index (χ1v) is 8.01. The zero-order chi connectivity index (χ0) is 14.5. The monoisotopic (exact) mass is 289 g/mol. The van der Waals surface area contributed by atoms with Gasteiger partial charge in [-0.3, -0.25) is 4.79 Å². The van der Waals surface area contributed by atoms with Crippen LogP contribution in [0.5, 0.6) is 0 Å². The van der Waals surface area contributed by atoms with Gasteiger partial charge in [0.15, 0.2) is 16.4 Å². The molecule has 7 heteroatoms. The number of amides is 1. The van der Waals surface area contributed by atoms with E-state index < -0.39 is 15.8 Å². The first kappa shape index (κ1) is 15.7. The van der Waals surface area contributed by atoms with Crippen molar-refractivity contribution >= 4 is 21.7 Å². The van der Waals surface area contributed by atoms with E-state index in [1.165, 1.54) is 17.1 Å². The van der Waals surface area contributed by atoms with Gasteiger partial charge in [-0.2, -0.15) is 0 Å². The maximum atomic E-state index is 11.9. The van der Waals surface area contributed by atoms with Gasteiger partial charge in [0.25, 0.3) is 5.91 Å².